The third-order valence-corrected chi connectivity index (χ3v) is 3.90. The fraction of sp³-hybridized carbons (Fsp3) is 0.500. The summed E-state index contributed by atoms with van der Waals surface area (Å²) in [5, 5.41) is -0.187. The van der Waals surface area contributed by atoms with Crippen LogP contribution in [0.3, 0.4) is 0 Å². The third-order valence-electron chi connectivity index (χ3n) is 2.50. The maximum absolute atomic E-state index is 11.7. The van der Waals surface area contributed by atoms with E-state index in [1.54, 1.807) is 31.4 Å². The van der Waals surface area contributed by atoms with E-state index in [9.17, 15) is 8.42 Å². The van der Waals surface area contributed by atoms with E-state index in [1.165, 1.54) is 6.26 Å². The summed E-state index contributed by atoms with van der Waals surface area (Å²) in [4.78, 5) is 2.14. The molecule has 102 valence electrons. The fourth-order valence-corrected chi connectivity index (χ4v) is 2.98. The molecule has 18 heavy (non-hydrogen) atoms. The molecule has 1 unspecified atom stereocenters. The van der Waals surface area contributed by atoms with E-state index < -0.39 is 9.84 Å². The Morgan fingerprint density at radius 1 is 1.39 bits per heavy atom. The van der Waals surface area contributed by atoms with Gasteiger partial charge in [0.2, 0.25) is 0 Å². The Morgan fingerprint density at radius 2 is 2.00 bits per heavy atom. The van der Waals surface area contributed by atoms with Gasteiger partial charge in [-0.15, -0.1) is 11.6 Å². The van der Waals surface area contributed by atoms with Gasteiger partial charge in [0, 0.05) is 27.0 Å². The lowest BCUT2D eigenvalue weighted by Crippen LogP contribution is -2.29. The fourth-order valence-electron chi connectivity index (χ4n) is 1.72. The highest BCUT2D eigenvalue weighted by Crippen LogP contribution is 2.24. The first-order chi connectivity index (χ1) is 8.36. The summed E-state index contributed by atoms with van der Waals surface area (Å²) < 4.78 is 28.3. The molecule has 0 N–H and O–H groups in total. The second-order valence-corrected chi connectivity index (χ2v) is 6.77. The third kappa shape index (κ3) is 4.15. The van der Waals surface area contributed by atoms with Gasteiger partial charge in [-0.05, 0) is 12.1 Å². The number of para-hydroxylation sites is 1. The van der Waals surface area contributed by atoms with Gasteiger partial charge in [-0.2, -0.15) is 0 Å². The van der Waals surface area contributed by atoms with Crippen molar-refractivity contribution in [3.8, 4) is 0 Å². The van der Waals surface area contributed by atoms with Crippen LogP contribution in [0.1, 0.15) is 0 Å². The minimum absolute atomic E-state index is 0.187. The van der Waals surface area contributed by atoms with Gasteiger partial charge in [0.1, 0.15) is 0 Å². The second kappa shape index (κ2) is 6.41. The molecule has 0 radical (unpaired) electrons. The van der Waals surface area contributed by atoms with E-state index in [0.29, 0.717) is 23.7 Å². The summed E-state index contributed by atoms with van der Waals surface area (Å²) in [5.74, 6) is 0. The SMILES string of the molecule is COCC(Cl)CN(C)c1ccccc1S(C)(=O)=O. The van der Waals surface area contributed by atoms with Gasteiger partial charge in [0.15, 0.2) is 9.84 Å². The number of methoxy groups -OCH3 is 1. The van der Waals surface area contributed by atoms with Gasteiger partial charge < -0.3 is 9.64 Å². The molecule has 1 aromatic carbocycles. The Morgan fingerprint density at radius 3 is 2.56 bits per heavy atom. The molecular weight excluding hydrogens is 274 g/mol. The summed E-state index contributed by atoms with van der Waals surface area (Å²) in [6, 6.07) is 6.88. The molecule has 0 aromatic heterocycles. The zero-order valence-corrected chi connectivity index (χ0v) is 12.3. The lowest BCUT2D eigenvalue weighted by Gasteiger charge is -2.24. The van der Waals surface area contributed by atoms with Gasteiger partial charge in [-0.25, -0.2) is 8.42 Å². The van der Waals surface area contributed by atoms with Gasteiger partial charge in [0.25, 0.3) is 0 Å². The smallest absolute Gasteiger partial charge is 0.177 e. The zero-order chi connectivity index (χ0) is 13.8. The van der Waals surface area contributed by atoms with Gasteiger partial charge in [-0.3, -0.25) is 0 Å². The molecule has 0 aliphatic carbocycles. The van der Waals surface area contributed by atoms with E-state index in [4.69, 9.17) is 16.3 Å². The number of hydrogen-bond donors (Lipinski definition) is 0. The Balaban J connectivity index is 2.96. The van der Waals surface area contributed by atoms with Gasteiger partial charge in [0.05, 0.1) is 22.6 Å². The van der Waals surface area contributed by atoms with Gasteiger partial charge >= 0.3 is 0 Å². The molecular formula is C12H18ClNO3S. The largest absolute Gasteiger partial charge is 0.383 e. The molecule has 0 heterocycles. The maximum Gasteiger partial charge on any atom is 0.177 e. The first-order valence-electron chi connectivity index (χ1n) is 5.49. The van der Waals surface area contributed by atoms with Crippen molar-refractivity contribution in [3.05, 3.63) is 24.3 Å². The molecule has 0 amide bonds. The first-order valence-corrected chi connectivity index (χ1v) is 7.82. The molecule has 1 aromatic rings. The molecule has 1 atom stereocenters. The molecule has 0 saturated heterocycles. The normalized spacial score (nSPS) is 13.3. The first kappa shape index (κ1) is 15.3. The second-order valence-electron chi connectivity index (χ2n) is 4.17. The molecule has 0 fully saturated rings. The van der Waals surface area contributed by atoms with E-state index in [-0.39, 0.29) is 5.38 Å². The molecule has 0 aliphatic heterocycles. The molecule has 0 spiro atoms. The van der Waals surface area contributed by atoms with Crippen molar-refractivity contribution in [3.63, 3.8) is 0 Å². The van der Waals surface area contributed by atoms with Gasteiger partial charge in [-0.1, -0.05) is 12.1 Å². The summed E-state index contributed by atoms with van der Waals surface area (Å²) in [6.07, 6.45) is 1.20. The molecule has 0 aliphatic rings. The number of halogens is 1. The van der Waals surface area contributed by atoms with Crippen LogP contribution in [0.5, 0.6) is 0 Å². The van der Waals surface area contributed by atoms with E-state index >= 15 is 0 Å². The number of anilines is 1. The lowest BCUT2D eigenvalue weighted by molar-refractivity contribution is 0.199. The summed E-state index contributed by atoms with van der Waals surface area (Å²) in [7, 11) is 0.155. The number of ether oxygens (including phenoxy) is 1. The van der Waals surface area contributed by atoms with Crippen LogP contribution in [0.2, 0.25) is 0 Å². The number of benzene rings is 1. The molecule has 0 saturated carbocycles. The highest BCUT2D eigenvalue weighted by atomic mass is 35.5. The lowest BCUT2D eigenvalue weighted by atomic mass is 10.3. The predicted octanol–water partition coefficient (Wildman–Crippen LogP) is 1.78. The number of sulfone groups is 1. The van der Waals surface area contributed by atoms with Crippen LogP contribution in [0.4, 0.5) is 5.69 Å². The van der Waals surface area contributed by atoms with Crippen molar-refractivity contribution in [1.82, 2.24) is 0 Å². The highest BCUT2D eigenvalue weighted by Gasteiger charge is 2.17. The minimum Gasteiger partial charge on any atom is -0.383 e. The Labute approximate surface area is 113 Å². The van der Waals surface area contributed by atoms with E-state index in [0.717, 1.165) is 0 Å². The quantitative estimate of drug-likeness (QED) is 0.750. The monoisotopic (exact) mass is 291 g/mol. The van der Waals surface area contributed by atoms with Crippen LogP contribution in [0, 0.1) is 0 Å². The molecule has 4 nitrogen and oxygen atoms in total. The zero-order valence-electron chi connectivity index (χ0n) is 10.8. The van der Waals surface area contributed by atoms with Crippen molar-refractivity contribution in [1.29, 1.82) is 0 Å². The van der Waals surface area contributed by atoms with Crippen LogP contribution >= 0.6 is 11.6 Å². The van der Waals surface area contributed by atoms with Crippen LogP contribution < -0.4 is 4.90 Å². The maximum atomic E-state index is 11.7. The highest BCUT2D eigenvalue weighted by molar-refractivity contribution is 7.90. The van der Waals surface area contributed by atoms with Crippen LogP contribution in [0.15, 0.2) is 29.2 Å². The molecule has 1 rings (SSSR count). The van der Waals surface area contributed by atoms with Crippen molar-refractivity contribution in [2.45, 2.75) is 10.3 Å². The standard InChI is InChI=1S/C12H18ClNO3S/c1-14(8-10(13)9-17-2)11-6-4-5-7-12(11)18(3,15)16/h4-7,10H,8-9H2,1-3H3. The Hall–Kier alpha value is -0.780. The number of nitrogens with zero attached hydrogens (tertiary/aromatic N) is 1. The van der Waals surface area contributed by atoms with E-state index in [1.807, 2.05) is 11.9 Å². The minimum atomic E-state index is -3.24. The van der Waals surface area contributed by atoms with Crippen LogP contribution in [-0.4, -0.2) is 47.4 Å². The summed E-state index contributed by atoms with van der Waals surface area (Å²) in [6.45, 7) is 0.939. The summed E-state index contributed by atoms with van der Waals surface area (Å²) >= 11 is 6.08. The van der Waals surface area contributed by atoms with E-state index in [2.05, 4.69) is 0 Å². The molecule has 0 bridgehead atoms. The van der Waals surface area contributed by atoms with Crippen molar-refractivity contribution in [2.24, 2.45) is 0 Å². The number of hydrogen-bond acceptors (Lipinski definition) is 4. The molecule has 6 heteroatoms. The average Bonchev–Trinajstić information content (AvgIpc) is 2.28. The van der Waals surface area contributed by atoms with Crippen molar-refractivity contribution >= 4 is 27.1 Å². The number of alkyl halides is 1. The Bertz CT molecular complexity index is 490. The summed E-state index contributed by atoms with van der Waals surface area (Å²) in [5.41, 5.74) is 0.654. The Kier molecular flexibility index (Phi) is 5.44. The number of rotatable bonds is 6. The van der Waals surface area contributed by atoms with Crippen LogP contribution in [-0.2, 0) is 14.6 Å². The van der Waals surface area contributed by atoms with Crippen LogP contribution in [0.25, 0.3) is 0 Å². The van der Waals surface area contributed by atoms with Crippen molar-refractivity contribution < 1.29 is 13.2 Å². The van der Waals surface area contributed by atoms with Crippen molar-refractivity contribution in [2.75, 3.05) is 38.5 Å². The topological polar surface area (TPSA) is 46.6 Å². The predicted molar refractivity (Wildman–Crippen MR) is 74.3 cm³/mol. The average molecular weight is 292 g/mol.